The van der Waals surface area contributed by atoms with Crippen molar-refractivity contribution in [1.82, 2.24) is 4.98 Å². The standard InChI is InChI=1S/C20H24N2O3/c1-14-6-8-15(9-7-14)19-5-3-4-18(25-19)13-22-17-10-16(11-21-12-17)20(23)24-2/h6-12,18-19,22H,3-5,13H2,1-2H3/t18-,19+/m1/s1. The Morgan fingerprint density at radius 1 is 1.28 bits per heavy atom. The number of hydrogen-bond donors (Lipinski definition) is 1. The number of carbonyl (C=O) groups excluding carboxylic acids is 1. The minimum atomic E-state index is -0.385. The molecule has 1 aliphatic heterocycles. The van der Waals surface area contributed by atoms with E-state index in [2.05, 4.69) is 41.5 Å². The number of benzene rings is 1. The highest BCUT2D eigenvalue weighted by Gasteiger charge is 2.23. The minimum absolute atomic E-state index is 0.141. The number of nitrogens with zero attached hydrogens (tertiary/aromatic N) is 1. The van der Waals surface area contributed by atoms with Crippen LogP contribution in [-0.2, 0) is 9.47 Å². The number of ether oxygens (including phenoxy) is 2. The van der Waals surface area contributed by atoms with Crippen LogP contribution in [-0.4, -0.2) is 30.7 Å². The van der Waals surface area contributed by atoms with E-state index in [0.29, 0.717) is 12.1 Å². The Morgan fingerprint density at radius 2 is 2.08 bits per heavy atom. The molecule has 5 nitrogen and oxygen atoms in total. The van der Waals surface area contributed by atoms with Crippen LogP contribution in [0.25, 0.3) is 0 Å². The monoisotopic (exact) mass is 340 g/mol. The van der Waals surface area contributed by atoms with Gasteiger partial charge in [-0.15, -0.1) is 0 Å². The van der Waals surface area contributed by atoms with Crippen molar-refractivity contribution in [2.24, 2.45) is 0 Å². The second-order valence-electron chi connectivity index (χ2n) is 6.42. The molecule has 0 amide bonds. The third kappa shape index (κ3) is 4.57. The topological polar surface area (TPSA) is 60.5 Å². The highest BCUT2D eigenvalue weighted by molar-refractivity contribution is 5.89. The Labute approximate surface area is 148 Å². The maximum absolute atomic E-state index is 11.6. The van der Waals surface area contributed by atoms with Gasteiger partial charge in [0.05, 0.1) is 30.6 Å². The van der Waals surface area contributed by atoms with Crippen LogP contribution in [0.4, 0.5) is 5.69 Å². The first-order chi connectivity index (χ1) is 12.2. The van der Waals surface area contributed by atoms with Gasteiger partial charge in [-0.2, -0.15) is 0 Å². The van der Waals surface area contributed by atoms with Crippen LogP contribution in [0.15, 0.2) is 42.7 Å². The average Bonchev–Trinajstić information content (AvgIpc) is 2.67. The number of aryl methyl sites for hydroxylation is 1. The van der Waals surface area contributed by atoms with Crippen LogP contribution in [0.2, 0.25) is 0 Å². The van der Waals surface area contributed by atoms with Gasteiger partial charge in [0.2, 0.25) is 0 Å². The Morgan fingerprint density at radius 3 is 2.84 bits per heavy atom. The molecule has 1 saturated heterocycles. The normalized spacial score (nSPS) is 20.1. The summed E-state index contributed by atoms with van der Waals surface area (Å²) >= 11 is 0. The van der Waals surface area contributed by atoms with Crippen LogP contribution < -0.4 is 5.32 Å². The second kappa shape index (κ2) is 8.12. The predicted octanol–water partition coefficient (Wildman–Crippen LogP) is 3.90. The van der Waals surface area contributed by atoms with Gasteiger partial charge in [0.15, 0.2) is 0 Å². The van der Waals surface area contributed by atoms with Gasteiger partial charge in [-0.25, -0.2) is 4.79 Å². The lowest BCUT2D eigenvalue weighted by atomic mass is 9.97. The van der Waals surface area contributed by atoms with Crippen molar-refractivity contribution < 1.29 is 14.3 Å². The highest BCUT2D eigenvalue weighted by atomic mass is 16.5. The van der Waals surface area contributed by atoms with E-state index < -0.39 is 0 Å². The van der Waals surface area contributed by atoms with Crippen LogP contribution in [0.1, 0.15) is 46.9 Å². The van der Waals surface area contributed by atoms with Crippen molar-refractivity contribution in [2.75, 3.05) is 19.0 Å². The third-order valence-electron chi connectivity index (χ3n) is 4.49. The molecule has 0 saturated carbocycles. The largest absolute Gasteiger partial charge is 0.465 e. The van der Waals surface area contributed by atoms with E-state index in [1.54, 1.807) is 12.3 Å². The van der Waals surface area contributed by atoms with Gasteiger partial charge in [0, 0.05) is 18.9 Å². The number of pyridine rings is 1. The molecular formula is C20H24N2O3. The van der Waals surface area contributed by atoms with Crippen LogP contribution >= 0.6 is 0 Å². The van der Waals surface area contributed by atoms with Crippen molar-refractivity contribution in [3.63, 3.8) is 0 Å². The number of carbonyl (C=O) groups is 1. The fourth-order valence-electron chi connectivity index (χ4n) is 3.07. The number of aromatic nitrogens is 1. The Bertz CT molecular complexity index is 715. The molecule has 25 heavy (non-hydrogen) atoms. The molecule has 1 aliphatic rings. The van der Waals surface area contributed by atoms with Crippen molar-refractivity contribution in [3.05, 3.63) is 59.4 Å². The zero-order valence-corrected chi connectivity index (χ0v) is 14.7. The summed E-state index contributed by atoms with van der Waals surface area (Å²) in [4.78, 5) is 15.7. The van der Waals surface area contributed by atoms with E-state index >= 15 is 0 Å². The quantitative estimate of drug-likeness (QED) is 0.837. The van der Waals surface area contributed by atoms with Gasteiger partial charge in [-0.05, 0) is 37.8 Å². The summed E-state index contributed by atoms with van der Waals surface area (Å²) < 4.78 is 11.0. The number of esters is 1. The molecule has 1 fully saturated rings. The molecular weight excluding hydrogens is 316 g/mol. The molecule has 0 bridgehead atoms. The summed E-state index contributed by atoms with van der Waals surface area (Å²) in [7, 11) is 1.36. The van der Waals surface area contributed by atoms with Gasteiger partial charge in [-0.3, -0.25) is 4.98 Å². The zero-order chi connectivity index (χ0) is 17.6. The summed E-state index contributed by atoms with van der Waals surface area (Å²) in [5.74, 6) is -0.385. The maximum Gasteiger partial charge on any atom is 0.339 e. The van der Waals surface area contributed by atoms with Gasteiger partial charge >= 0.3 is 5.97 Å². The molecule has 2 heterocycles. The van der Waals surface area contributed by atoms with Gasteiger partial charge in [-0.1, -0.05) is 29.8 Å². The van der Waals surface area contributed by atoms with E-state index in [1.165, 1.54) is 24.4 Å². The first kappa shape index (κ1) is 17.4. The fraction of sp³-hybridized carbons (Fsp3) is 0.400. The van der Waals surface area contributed by atoms with E-state index in [1.807, 2.05) is 0 Å². The molecule has 0 radical (unpaired) electrons. The fourth-order valence-corrected chi connectivity index (χ4v) is 3.07. The molecule has 132 valence electrons. The molecule has 0 unspecified atom stereocenters. The summed E-state index contributed by atoms with van der Waals surface area (Å²) in [6.07, 6.45) is 6.72. The van der Waals surface area contributed by atoms with E-state index in [4.69, 9.17) is 9.47 Å². The summed E-state index contributed by atoms with van der Waals surface area (Å²) in [6.45, 7) is 2.78. The number of methoxy groups -OCH3 is 1. The van der Waals surface area contributed by atoms with Crippen LogP contribution in [0.5, 0.6) is 0 Å². The first-order valence-electron chi connectivity index (χ1n) is 8.65. The molecule has 0 spiro atoms. The van der Waals surface area contributed by atoms with Crippen LogP contribution in [0, 0.1) is 6.92 Å². The number of rotatable bonds is 5. The van der Waals surface area contributed by atoms with Crippen molar-refractivity contribution >= 4 is 11.7 Å². The minimum Gasteiger partial charge on any atom is -0.465 e. The maximum atomic E-state index is 11.6. The van der Waals surface area contributed by atoms with Crippen molar-refractivity contribution in [1.29, 1.82) is 0 Å². The third-order valence-corrected chi connectivity index (χ3v) is 4.49. The summed E-state index contributed by atoms with van der Waals surface area (Å²) in [5.41, 5.74) is 3.74. The molecule has 5 heteroatoms. The Hall–Kier alpha value is -2.40. The summed E-state index contributed by atoms with van der Waals surface area (Å²) in [5, 5.41) is 3.32. The van der Waals surface area contributed by atoms with Crippen LogP contribution in [0.3, 0.4) is 0 Å². The Kier molecular flexibility index (Phi) is 5.66. The SMILES string of the molecule is COC(=O)c1cncc(NC[C@H]2CCC[C@@H](c3ccc(C)cc3)O2)c1. The number of anilines is 1. The van der Waals surface area contributed by atoms with Crippen molar-refractivity contribution in [3.8, 4) is 0 Å². The zero-order valence-electron chi connectivity index (χ0n) is 14.7. The Balaban J connectivity index is 1.58. The molecule has 2 atom stereocenters. The molecule has 1 N–H and O–H groups in total. The lowest BCUT2D eigenvalue weighted by Crippen LogP contribution is -2.29. The second-order valence-corrected chi connectivity index (χ2v) is 6.42. The predicted molar refractivity (Wildman–Crippen MR) is 96.7 cm³/mol. The number of nitrogens with one attached hydrogen (secondary N) is 1. The molecule has 2 aromatic rings. The molecule has 0 aliphatic carbocycles. The molecule has 3 rings (SSSR count). The lowest BCUT2D eigenvalue weighted by Gasteiger charge is -2.31. The highest BCUT2D eigenvalue weighted by Crippen LogP contribution is 2.31. The van der Waals surface area contributed by atoms with E-state index in [0.717, 1.165) is 24.9 Å². The van der Waals surface area contributed by atoms with Crippen molar-refractivity contribution in [2.45, 2.75) is 38.4 Å². The number of hydrogen-bond acceptors (Lipinski definition) is 5. The van der Waals surface area contributed by atoms with Gasteiger partial charge in [0.1, 0.15) is 0 Å². The molecule has 1 aromatic carbocycles. The lowest BCUT2D eigenvalue weighted by molar-refractivity contribution is -0.0442. The average molecular weight is 340 g/mol. The first-order valence-corrected chi connectivity index (χ1v) is 8.65. The van der Waals surface area contributed by atoms with E-state index in [-0.39, 0.29) is 18.2 Å². The van der Waals surface area contributed by atoms with Gasteiger partial charge < -0.3 is 14.8 Å². The molecule has 1 aromatic heterocycles. The smallest absolute Gasteiger partial charge is 0.339 e. The summed E-state index contributed by atoms with van der Waals surface area (Å²) in [6, 6.07) is 10.3. The van der Waals surface area contributed by atoms with E-state index in [9.17, 15) is 4.79 Å². The van der Waals surface area contributed by atoms with Gasteiger partial charge in [0.25, 0.3) is 0 Å².